The monoisotopic (exact) mass is 461 g/mol. The van der Waals surface area contributed by atoms with Crippen LogP contribution in [0.15, 0.2) is 40.6 Å². The smallest absolute Gasteiger partial charge is 0.245 e. The Labute approximate surface area is 187 Å². The van der Waals surface area contributed by atoms with Crippen LogP contribution in [0.5, 0.6) is 0 Å². The van der Waals surface area contributed by atoms with Gasteiger partial charge in [0.25, 0.3) is 0 Å². The SMILES string of the molecule is O=C(CCC(=O)N1CCc2sccc2C1)Nc1ccccc1S(=O)(=O)N1CCCCC1. The van der Waals surface area contributed by atoms with E-state index < -0.39 is 10.0 Å². The van der Waals surface area contributed by atoms with E-state index in [0.29, 0.717) is 26.2 Å². The van der Waals surface area contributed by atoms with Crippen LogP contribution < -0.4 is 5.32 Å². The van der Waals surface area contributed by atoms with Crippen LogP contribution in [0.1, 0.15) is 42.5 Å². The minimum absolute atomic E-state index is 0.0178. The van der Waals surface area contributed by atoms with Crippen LogP contribution in [0.4, 0.5) is 5.69 Å². The van der Waals surface area contributed by atoms with Crippen molar-refractivity contribution >= 4 is 38.9 Å². The summed E-state index contributed by atoms with van der Waals surface area (Å²) in [5.74, 6) is -0.413. The average molecular weight is 462 g/mol. The highest BCUT2D eigenvalue weighted by molar-refractivity contribution is 7.89. The molecule has 2 aromatic rings. The maximum absolute atomic E-state index is 13.1. The van der Waals surface area contributed by atoms with Crippen molar-refractivity contribution in [3.05, 3.63) is 46.2 Å². The van der Waals surface area contributed by atoms with Crippen LogP contribution in [0.25, 0.3) is 0 Å². The molecular formula is C22H27N3O4S2. The number of hydrogen-bond acceptors (Lipinski definition) is 5. The number of amides is 2. The Bertz CT molecular complexity index is 1060. The summed E-state index contributed by atoms with van der Waals surface area (Å²) in [6.45, 7) is 2.27. The van der Waals surface area contributed by atoms with E-state index in [2.05, 4.69) is 5.32 Å². The van der Waals surface area contributed by atoms with Gasteiger partial charge in [-0.2, -0.15) is 4.31 Å². The predicted molar refractivity (Wildman–Crippen MR) is 120 cm³/mol. The Balaban J connectivity index is 1.36. The number of para-hydroxylation sites is 1. The minimum Gasteiger partial charge on any atom is -0.338 e. The fourth-order valence-electron chi connectivity index (χ4n) is 4.09. The first-order valence-electron chi connectivity index (χ1n) is 10.7. The number of sulfonamides is 1. The molecule has 166 valence electrons. The third-order valence-electron chi connectivity index (χ3n) is 5.82. The number of nitrogens with zero attached hydrogens (tertiary/aromatic N) is 2. The van der Waals surface area contributed by atoms with Gasteiger partial charge in [-0.25, -0.2) is 8.42 Å². The Kier molecular flexibility index (Phi) is 6.74. The van der Waals surface area contributed by atoms with Gasteiger partial charge in [-0.3, -0.25) is 9.59 Å². The Hall–Kier alpha value is -2.23. The van der Waals surface area contributed by atoms with E-state index in [0.717, 1.165) is 25.7 Å². The van der Waals surface area contributed by atoms with Crippen molar-refractivity contribution in [3.8, 4) is 0 Å². The number of carbonyl (C=O) groups is 2. The van der Waals surface area contributed by atoms with Gasteiger partial charge >= 0.3 is 0 Å². The molecule has 0 radical (unpaired) electrons. The Morgan fingerprint density at radius 3 is 2.58 bits per heavy atom. The fourth-order valence-corrected chi connectivity index (χ4v) is 6.65. The molecule has 1 aromatic heterocycles. The molecule has 1 saturated heterocycles. The highest BCUT2D eigenvalue weighted by Crippen LogP contribution is 2.27. The van der Waals surface area contributed by atoms with E-state index in [1.807, 2.05) is 11.4 Å². The lowest BCUT2D eigenvalue weighted by Crippen LogP contribution is -2.36. The first kappa shape index (κ1) is 22.0. The van der Waals surface area contributed by atoms with Gasteiger partial charge in [0, 0.05) is 43.9 Å². The largest absolute Gasteiger partial charge is 0.338 e. The molecule has 0 aliphatic carbocycles. The molecule has 4 rings (SSSR count). The Morgan fingerprint density at radius 2 is 1.77 bits per heavy atom. The topological polar surface area (TPSA) is 86.8 Å². The van der Waals surface area contributed by atoms with Crippen LogP contribution in [-0.2, 0) is 32.6 Å². The van der Waals surface area contributed by atoms with E-state index in [1.165, 1.54) is 20.8 Å². The predicted octanol–water partition coefficient (Wildman–Crippen LogP) is 3.23. The normalized spacial score (nSPS) is 17.2. The Morgan fingerprint density at radius 1 is 1.00 bits per heavy atom. The van der Waals surface area contributed by atoms with Crippen LogP contribution in [0.3, 0.4) is 0 Å². The molecular weight excluding hydrogens is 434 g/mol. The van der Waals surface area contributed by atoms with Crippen LogP contribution in [-0.4, -0.2) is 49.1 Å². The van der Waals surface area contributed by atoms with Crippen molar-refractivity contribution in [2.45, 2.75) is 50.0 Å². The maximum atomic E-state index is 13.1. The second kappa shape index (κ2) is 9.50. The number of hydrogen-bond donors (Lipinski definition) is 1. The van der Waals surface area contributed by atoms with Crippen molar-refractivity contribution < 1.29 is 18.0 Å². The molecule has 0 saturated carbocycles. The quantitative estimate of drug-likeness (QED) is 0.716. The van der Waals surface area contributed by atoms with Crippen molar-refractivity contribution in [3.63, 3.8) is 0 Å². The van der Waals surface area contributed by atoms with Crippen molar-refractivity contribution in [2.24, 2.45) is 0 Å². The van der Waals surface area contributed by atoms with E-state index in [9.17, 15) is 18.0 Å². The number of fused-ring (bicyclic) bond motifs is 1. The summed E-state index contributed by atoms with van der Waals surface area (Å²) in [7, 11) is -3.67. The van der Waals surface area contributed by atoms with E-state index in [1.54, 1.807) is 34.4 Å². The molecule has 2 aliphatic rings. The summed E-state index contributed by atoms with van der Waals surface area (Å²) < 4.78 is 27.6. The molecule has 1 N–H and O–H groups in total. The van der Waals surface area contributed by atoms with Crippen LogP contribution in [0.2, 0.25) is 0 Å². The van der Waals surface area contributed by atoms with Gasteiger partial charge in [-0.05, 0) is 48.4 Å². The third kappa shape index (κ3) is 4.99. The second-order valence-corrected chi connectivity index (χ2v) is 10.9. The lowest BCUT2D eigenvalue weighted by Gasteiger charge is -2.27. The van der Waals surface area contributed by atoms with Crippen molar-refractivity contribution in [2.75, 3.05) is 25.0 Å². The number of anilines is 1. The van der Waals surface area contributed by atoms with Crippen LogP contribution in [0, 0.1) is 0 Å². The molecule has 0 bridgehead atoms. The molecule has 2 aliphatic heterocycles. The lowest BCUT2D eigenvalue weighted by molar-refractivity contribution is -0.133. The molecule has 1 aromatic carbocycles. The molecule has 7 nitrogen and oxygen atoms in total. The molecule has 3 heterocycles. The standard InChI is InChI=1S/C22H27N3O4S2/c26-21(8-9-22(27)24-14-10-19-17(16-24)11-15-30-19)23-18-6-2-3-7-20(18)31(28,29)25-12-4-1-5-13-25/h2-3,6-7,11,15H,1,4-5,8-10,12-14,16H2,(H,23,26). The number of nitrogens with one attached hydrogen (secondary N) is 1. The summed E-state index contributed by atoms with van der Waals surface area (Å²) in [6, 6.07) is 8.52. The summed E-state index contributed by atoms with van der Waals surface area (Å²) in [5, 5.41) is 4.75. The van der Waals surface area contributed by atoms with Gasteiger partial charge < -0.3 is 10.2 Å². The number of benzene rings is 1. The molecule has 0 spiro atoms. The molecule has 9 heteroatoms. The molecule has 31 heavy (non-hydrogen) atoms. The zero-order valence-electron chi connectivity index (χ0n) is 17.4. The fraction of sp³-hybridized carbons (Fsp3) is 0.455. The molecule has 0 atom stereocenters. The van der Waals surface area contributed by atoms with E-state index in [-0.39, 0.29) is 35.2 Å². The molecule has 0 unspecified atom stereocenters. The van der Waals surface area contributed by atoms with Gasteiger partial charge in [-0.15, -0.1) is 11.3 Å². The van der Waals surface area contributed by atoms with Gasteiger partial charge in [-0.1, -0.05) is 18.6 Å². The van der Waals surface area contributed by atoms with Gasteiger partial charge in [0.05, 0.1) is 5.69 Å². The van der Waals surface area contributed by atoms with Gasteiger partial charge in [0.15, 0.2) is 0 Å². The second-order valence-electron chi connectivity index (χ2n) is 7.94. The van der Waals surface area contributed by atoms with Gasteiger partial charge in [0.2, 0.25) is 21.8 Å². The number of thiophene rings is 1. The summed E-state index contributed by atoms with van der Waals surface area (Å²) in [6.07, 6.45) is 3.70. The summed E-state index contributed by atoms with van der Waals surface area (Å²) >= 11 is 1.72. The van der Waals surface area contributed by atoms with Crippen molar-refractivity contribution in [1.82, 2.24) is 9.21 Å². The maximum Gasteiger partial charge on any atom is 0.245 e. The average Bonchev–Trinajstić information content (AvgIpc) is 3.26. The first-order valence-corrected chi connectivity index (χ1v) is 13.0. The van der Waals surface area contributed by atoms with Gasteiger partial charge in [0.1, 0.15) is 4.90 Å². The third-order valence-corrected chi connectivity index (χ3v) is 8.80. The molecule has 1 fully saturated rings. The summed E-state index contributed by atoms with van der Waals surface area (Å²) in [4.78, 5) is 28.3. The zero-order valence-corrected chi connectivity index (χ0v) is 19.0. The number of piperidine rings is 1. The van der Waals surface area contributed by atoms with Crippen LogP contribution >= 0.6 is 11.3 Å². The van der Waals surface area contributed by atoms with Crippen molar-refractivity contribution in [1.29, 1.82) is 0 Å². The zero-order chi connectivity index (χ0) is 21.8. The lowest BCUT2D eigenvalue weighted by atomic mass is 10.1. The molecule has 2 amide bonds. The summed E-state index contributed by atoms with van der Waals surface area (Å²) in [5.41, 5.74) is 1.46. The number of rotatable bonds is 6. The highest BCUT2D eigenvalue weighted by atomic mass is 32.2. The van der Waals surface area contributed by atoms with E-state index in [4.69, 9.17) is 0 Å². The first-order chi connectivity index (χ1) is 14.9. The van der Waals surface area contributed by atoms with E-state index >= 15 is 0 Å². The minimum atomic E-state index is -3.67. The number of carbonyl (C=O) groups excluding carboxylic acids is 2. The highest BCUT2D eigenvalue weighted by Gasteiger charge is 2.28.